The van der Waals surface area contributed by atoms with Gasteiger partial charge in [-0.3, -0.25) is 9.59 Å². The average Bonchev–Trinajstić information content (AvgIpc) is 2.51. The summed E-state index contributed by atoms with van der Waals surface area (Å²) in [6, 6.07) is 5.24. The maximum Gasteiger partial charge on any atom is 0.267 e. The summed E-state index contributed by atoms with van der Waals surface area (Å²) in [7, 11) is 3.09. The second-order valence-corrected chi connectivity index (χ2v) is 4.61. The molecule has 1 rings (SSSR count). The monoisotopic (exact) mass is 306 g/mol. The number of amides is 2. The summed E-state index contributed by atoms with van der Waals surface area (Å²) < 4.78 is 10.4. The SMILES string of the molecule is CCCNC(=O)/C(=C/c1ccc(OC)c(OC)c1)NC(C)=O. The van der Waals surface area contributed by atoms with Gasteiger partial charge in [0.15, 0.2) is 11.5 Å². The van der Waals surface area contributed by atoms with Gasteiger partial charge in [-0.15, -0.1) is 0 Å². The molecule has 0 aliphatic carbocycles. The molecule has 0 unspecified atom stereocenters. The number of hydrogen-bond acceptors (Lipinski definition) is 4. The molecule has 1 aromatic carbocycles. The Morgan fingerprint density at radius 1 is 1.18 bits per heavy atom. The fourth-order valence-corrected chi connectivity index (χ4v) is 1.79. The van der Waals surface area contributed by atoms with Gasteiger partial charge in [0.2, 0.25) is 5.91 Å². The summed E-state index contributed by atoms with van der Waals surface area (Å²) in [4.78, 5) is 23.3. The number of methoxy groups -OCH3 is 2. The van der Waals surface area contributed by atoms with Crippen molar-refractivity contribution in [3.63, 3.8) is 0 Å². The lowest BCUT2D eigenvalue weighted by Gasteiger charge is -2.11. The average molecular weight is 306 g/mol. The van der Waals surface area contributed by atoms with E-state index in [1.54, 1.807) is 31.4 Å². The summed E-state index contributed by atoms with van der Waals surface area (Å²) >= 11 is 0. The summed E-state index contributed by atoms with van der Waals surface area (Å²) in [5, 5.41) is 5.27. The van der Waals surface area contributed by atoms with Gasteiger partial charge in [-0.25, -0.2) is 0 Å². The van der Waals surface area contributed by atoms with Crippen LogP contribution in [0.4, 0.5) is 0 Å². The molecule has 0 atom stereocenters. The highest BCUT2D eigenvalue weighted by molar-refractivity contribution is 6.00. The Morgan fingerprint density at radius 2 is 1.86 bits per heavy atom. The van der Waals surface area contributed by atoms with Gasteiger partial charge in [0.25, 0.3) is 5.91 Å². The van der Waals surface area contributed by atoms with Crippen LogP contribution in [0.5, 0.6) is 11.5 Å². The van der Waals surface area contributed by atoms with Crippen LogP contribution in [0.25, 0.3) is 6.08 Å². The molecule has 0 bridgehead atoms. The summed E-state index contributed by atoms with van der Waals surface area (Å²) in [5.41, 5.74) is 0.904. The molecule has 6 nitrogen and oxygen atoms in total. The molecule has 0 aromatic heterocycles. The van der Waals surface area contributed by atoms with Gasteiger partial charge in [-0.1, -0.05) is 13.0 Å². The van der Waals surface area contributed by atoms with Gasteiger partial charge in [0.05, 0.1) is 14.2 Å². The van der Waals surface area contributed by atoms with Crippen LogP contribution in [0.1, 0.15) is 25.8 Å². The van der Waals surface area contributed by atoms with Crippen molar-refractivity contribution in [3.05, 3.63) is 29.5 Å². The van der Waals surface area contributed by atoms with E-state index in [-0.39, 0.29) is 17.5 Å². The topological polar surface area (TPSA) is 76.7 Å². The third-order valence-electron chi connectivity index (χ3n) is 2.81. The van der Waals surface area contributed by atoms with Crippen LogP contribution in [0, 0.1) is 0 Å². The van der Waals surface area contributed by atoms with E-state index in [4.69, 9.17) is 9.47 Å². The largest absolute Gasteiger partial charge is 0.493 e. The standard InChI is InChI=1S/C16H22N2O4/c1-5-8-17-16(20)13(18-11(2)19)9-12-6-7-14(21-3)15(10-12)22-4/h6-7,9-10H,5,8H2,1-4H3,(H,17,20)(H,18,19)/b13-9-. The van der Waals surface area contributed by atoms with E-state index in [0.29, 0.717) is 23.6 Å². The fourth-order valence-electron chi connectivity index (χ4n) is 1.79. The third-order valence-corrected chi connectivity index (χ3v) is 2.81. The molecule has 2 N–H and O–H groups in total. The van der Waals surface area contributed by atoms with Crippen molar-refractivity contribution in [1.29, 1.82) is 0 Å². The first-order valence-corrected chi connectivity index (χ1v) is 7.01. The lowest BCUT2D eigenvalue weighted by Crippen LogP contribution is -2.34. The van der Waals surface area contributed by atoms with E-state index in [1.165, 1.54) is 14.0 Å². The predicted octanol–water partition coefficient (Wildman–Crippen LogP) is 1.71. The number of ether oxygens (including phenoxy) is 2. The van der Waals surface area contributed by atoms with Crippen molar-refractivity contribution in [2.75, 3.05) is 20.8 Å². The van der Waals surface area contributed by atoms with Crippen molar-refractivity contribution < 1.29 is 19.1 Å². The quantitative estimate of drug-likeness (QED) is 0.752. The van der Waals surface area contributed by atoms with Crippen LogP contribution in [0.15, 0.2) is 23.9 Å². The van der Waals surface area contributed by atoms with Crippen LogP contribution in [-0.4, -0.2) is 32.6 Å². The number of benzene rings is 1. The Bertz CT molecular complexity index is 567. The first kappa shape index (κ1) is 17.6. The maximum absolute atomic E-state index is 12.1. The Hall–Kier alpha value is -2.50. The lowest BCUT2D eigenvalue weighted by atomic mass is 10.1. The molecule has 0 aliphatic rings. The predicted molar refractivity (Wildman–Crippen MR) is 84.6 cm³/mol. The van der Waals surface area contributed by atoms with Gasteiger partial charge in [-0.05, 0) is 30.2 Å². The van der Waals surface area contributed by atoms with Crippen LogP contribution >= 0.6 is 0 Å². The maximum atomic E-state index is 12.1. The van der Waals surface area contributed by atoms with Crippen molar-refractivity contribution in [2.24, 2.45) is 0 Å². The highest BCUT2D eigenvalue weighted by atomic mass is 16.5. The fraction of sp³-hybridized carbons (Fsp3) is 0.375. The molecule has 2 amide bonds. The summed E-state index contributed by atoms with van der Waals surface area (Å²) in [6.45, 7) is 3.85. The van der Waals surface area contributed by atoms with Crippen LogP contribution in [-0.2, 0) is 9.59 Å². The first-order valence-electron chi connectivity index (χ1n) is 7.01. The Balaban J connectivity index is 3.09. The molecule has 1 aromatic rings. The molecule has 0 spiro atoms. The van der Waals surface area contributed by atoms with E-state index in [2.05, 4.69) is 10.6 Å². The normalized spacial score (nSPS) is 10.8. The third kappa shape index (κ3) is 5.12. The van der Waals surface area contributed by atoms with Crippen molar-refractivity contribution in [3.8, 4) is 11.5 Å². The van der Waals surface area contributed by atoms with Crippen LogP contribution < -0.4 is 20.1 Å². The molecule has 0 aliphatic heterocycles. The number of carbonyl (C=O) groups excluding carboxylic acids is 2. The van der Waals surface area contributed by atoms with Crippen molar-refractivity contribution >= 4 is 17.9 Å². The summed E-state index contributed by atoms with van der Waals surface area (Å²) in [6.07, 6.45) is 2.41. The number of hydrogen-bond donors (Lipinski definition) is 2. The molecule has 0 saturated carbocycles. The Kier molecular flexibility index (Phi) is 6.95. The van der Waals surface area contributed by atoms with E-state index < -0.39 is 0 Å². The number of rotatable bonds is 7. The van der Waals surface area contributed by atoms with E-state index in [0.717, 1.165) is 6.42 Å². The van der Waals surface area contributed by atoms with Gasteiger partial charge in [0, 0.05) is 13.5 Å². The minimum atomic E-state index is -0.327. The molecule has 22 heavy (non-hydrogen) atoms. The van der Waals surface area contributed by atoms with Crippen molar-refractivity contribution in [2.45, 2.75) is 20.3 Å². The molecule has 0 fully saturated rings. The Morgan fingerprint density at radius 3 is 2.41 bits per heavy atom. The zero-order valence-corrected chi connectivity index (χ0v) is 13.4. The summed E-state index contributed by atoms with van der Waals surface area (Å²) in [5.74, 6) is 0.508. The minimum Gasteiger partial charge on any atom is -0.493 e. The van der Waals surface area contributed by atoms with Gasteiger partial charge < -0.3 is 20.1 Å². The van der Waals surface area contributed by atoms with Crippen molar-refractivity contribution in [1.82, 2.24) is 10.6 Å². The van der Waals surface area contributed by atoms with Gasteiger partial charge in [0.1, 0.15) is 5.70 Å². The molecule has 0 saturated heterocycles. The Labute approximate surface area is 130 Å². The second kappa shape index (κ2) is 8.71. The molecule has 0 radical (unpaired) electrons. The first-order chi connectivity index (χ1) is 10.5. The molecular formula is C16H22N2O4. The number of nitrogens with one attached hydrogen (secondary N) is 2. The van der Waals surface area contributed by atoms with E-state index >= 15 is 0 Å². The minimum absolute atomic E-state index is 0.188. The molecular weight excluding hydrogens is 284 g/mol. The highest BCUT2D eigenvalue weighted by Gasteiger charge is 2.11. The zero-order chi connectivity index (χ0) is 16.5. The molecule has 120 valence electrons. The molecule has 0 heterocycles. The van der Waals surface area contributed by atoms with Gasteiger partial charge in [-0.2, -0.15) is 0 Å². The van der Waals surface area contributed by atoms with E-state index in [1.807, 2.05) is 6.92 Å². The highest BCUT2D eigenvalue weighted by Crippen LogP contribution is 2.28. The van der Waals surface area contributed by atoms with E-state index in [9.17, 15) is 9.59 Å². The molecule has 6 heteroatoms. The lowest BCUT2D eigenvalue weighted by molar-refractivity contribution is -0.122. The zero-order valence-electron chi connectivity index (χ0n) is 13.4. The van der Waals surface area contributed by atoms with Crippen LogP contribution in [0.2, 0.25) is 0 Å². The smallest absolute Gasteiger partial charge is 0.267 e. The second-order valence-electron chi connectivity index (χ2n) is 4.61. The van der Waals surface area contributed by atoms with Crippen LogP contribution in [0.3, 0.4) is 0 Å². The number of carbonyl (C=O) groups is 2. The van der Waals surface area contributed by atoms with Gasteiger partial charge >= 0.3 is 0 Å².